The van der Waals surface area contributed by atoms with E-state index in [1.807, 2.05) is 24.3 Å². The van der Waals surface area contributed by atoms with E-state index >= 15 is 0 Å². The van der Waals surface area contributed by atoms with Gasteiger partial charge in [-0.05, 0) is 30.4 Å². The van der Waals surface area contributed by atoms with Gasteiger partial charge in [0.05, 0.1) is 6.61 Å². The van der Waals surface area contributed by atoms with E-state index in [1.165, 1.54) is 5.56 Å². The molecule has 1 aromatic carbocycles. The first-order chi connectivity index (χ1) is 6.95. The highest BCUT2D eigenvalue weighted by atomic mass is 16.3. The molecule has 1 unspecified atom stereocenters. The molecular weight excluding hydrogens is 188 g/mol. The molecule has 84 valence electrons. The minimum absolute atomic E-state index is 0.253. The zero-order valence-electron chi connectivity index (χ0n) is 9.70. The minimum Gasteiger partial charge on any atom is -0.393 e. The second-order valence-electron chi connectivity index (χ2n) is 4.73. The first kappa shape index (κ1) is 12.2. The summed E-state index contributed by atoms with van der Waals surface area (Å²) in [5.41, 5.74) is 0.899. The zero-order chi connectivity index (χ0) is 11.5. The minimum atomic E-state index is -1.13. The Bertz CT molecular complexity index is 299. The Morgan fingerprint density at radius 1 is 1.20 bits per heavy atom. The summed E-state index contributed by atoms with van der Waals surface area (Å²) in [4.78, 5) is 0. The Morgan fingerprint density at radius 2 is 1.73 bits per heavy atom. The molecule has 0 aliphatic heterocycles. The second kappa shape index (κ2) is 4.77. The van der Waals surface area contributed by atoms with E-state index in [4.69, 9.17) is 5.11 Å². The lowest BCUT2D eigenvalue weighted by Gasteiger charge is -2.21. The van der Waals surface area contributed by atoms with E-state index in [0.717, 1.165) is 12.0 Å². The van der Waals surface area contributed by atoms with Gasteiger partial charge in [0.15, 0.2) is 0 Å². The highest BCUT2D eigenvalue weighted by molar-refractivity contribution is 5.27. The van der Waals surface area contributed by atoms with Gasteiger partial charge in [0.25, 0.3) is 0 Å². The topological polar surface area (TPSA) is 40.5 Å². The normalized spacial score (nSPS) is 15.3. The number of benzene rings is 1. The summed E-state index contributed by atoms with van der Waals surface area (Å²) >= 11 is 0. The quantitative estimate of drug-likeness (QED) is 0.795. The molecule has 1 aromatic rings. The highest BCUT2D eigenvalue weighted by Gasteiger charge is 2.21. The SMILES string of the molecule is CC(C)Cc1ccc(C(C)(O)CO)cc1. The molecule has 0 heterocycles. The van der Waals surface area contributed by atoms with Crippen molar-refractivity contribution >= 4 is 0 Å². The van der Waals surface area contributed by atoms with Crippen molar-refractivity contribution in [2.45, 2.75) is 32.8 Å². The van der Waals surface area contributed by atoms with Crippen molar-refractivity contribution in [2.24, 2.45) is 5.92 Å². The predicted molar refractivity (Wildman–Crippen MR) is 61.6 cm³/mol. The van der Waals surface area contributed by atoms with Gasteiger partial charge in [-0.25, -0.2) is 0 Å². The van der Waals surface area contributed by atoms with Gasteiger partial charge in [0.1, 0.15) is 5.60 Å². The van der Waals surface area contributed by atoms with Crippen LogP contribution in [0.2, 0.25) is 0 Å². The Balaban J connectivity index is 2.81. The Labute approximate surface area is 91.6 Å². The molecule has 0 radical (unpaired) electrons. The summed E-state index contributed by atoms with van der Waals surface area (Å²) in [5, 5.41) is 18.8. The van der Waals surface area contributed by atoms with Gasteiger partial charge in [0.2, 0.25) is 0 Å². The Morgan fingerprint density at radius 3 is 2.13 bits per heavy atom. The molecule has 1 atom stereocenters. The molecule has 0 amide bonds. The highest BCUT2D eigenvalue weighted by Crippen LogP contribution is 2.20. The molecule has 0 aromatic heterocycles. The van der Waals surface area contributed by atoms with Gasteiger partial charge in [-0.1, -0.05) is 38.1 Å². The predicted octanol–water partition coefficient (Wildman–Crippen LogP) is 2.08. The molecular formula is C13H20O2. The first-order valence-corrected chi connectivity index (χ1v) is 5.38. The van der Waals surface area contributed by atoms with Crippen molar-refractivity contribution in [1.29, 1.82) is 0 Å². The molecule has 0 aliphatic carbocycles. The van der Waals surface area contributed by atoms with Gasteiger partial charge in [0, 0.05) is 0 Å². The maximum absolute atomic E-state index is 9.82. The Kier molecular flexibility index (Phi) is 3.89. The molecule has 15 heavy (non-hydrogen) atoms. The van der Waals surface area contributed by atoms with E-state index in [9.17, 15) is 5.11 Å². The first-order valence-electron chi connectivity index (χ1n) is 5.38. The summed E-state index contributed by atoms with van der Waals surface area (Å²) in [7, 11) is 0. The van der Waals surface area contributed by atoms with Crippen LogP contribution in [-0.4, -0.2) is 16.8 Å². The molecule has 0 bridgehead atoms. The van der Waals surface area contributed by atoms with Crippen molar-refractivity contribution < 1.29 is 10.2 Å². The summed E-state index contributed by atoms with van der Waals surface area (Å²) < 4.78 is 0. The van der Waals surface area contributed by atoms with Gasteiger partial charge in [-0.15, -0.1) is 0 Å². The van der Waals surface area contributed by atoms with Crippen LogP contribution in [0.15, 0.2) is 24.3 Å². The van der Waals surface area contributed by atoms with Crippen LogP contribution in [0.3, 0.4) is 0 Å². The average Bonchev–Trinajstić information content (AvgIpc) is 2.18. The molecule has 0 fully saturated rings. The van der Waals surface area contributed by atoms with E-state index in [1.54, 1.807) is 6.92 Å². The smallest absolute Gasteiger partial charge is 0.110 e. The van der Waals surface area contributed by atoms with E-state index in [-0.39, 0.29) is 6.61 Å². The van der Waals surface area contributed by atoms with Crippen molar-refractivity contribution in [3.8, 4) is 0 Å². The number of rotatable bonds is 4. The second-order valence-corrected chi connectivity index (χ2v) is 4.73. The molecule has 2 heteroatoms. The lowest BCUT2D eigenvalue weighted by Crippen LogP contribution is -2.25. The van der Waals surface area contributed by atoms with Crippen molar-refractivity contribution in [3.63, 3.8) is 0 Å². The van der Waals surface area contributed by atoms with E-state index < -0.39 is 5.60 Å². The summed E-state index contributed by atoms with van der Waals surface area (Å²) in [6.45, 7) is 5.72. The maximum atomic E-state index is 9.82. The largest absolute Gasteiger partial charge is 0.393 e. The molecule has 0 saturated carbocycles. The van der Waals surface area contributed by atoms with Crippen LogP contribution < -0.4 is 0 Å². The number of aliphatic hydroxyl groups is 2. The molecule has 1 rings (SSSR count). The van der Waals surface area contributed by atoms with Crippen LogP contribution in [0.4, 0.5) is 0 Å². The van der Waals surface area contributed by atoms with Gasteiger partial charge < -0.3 is 10.2 Å². The summed E-state index contributed by atoms with van der Waals surface area (Å²) in [6, 6.07) is 7.79. The molecule has 0 aliphatic rings. The fourth-order valence-electron chi connectivity index (χ4n) is 1.56. The van der Waals surface area contributed by atoms with Crippen LogP contribution in [0.1, 0.15) is 31.9 Å². The third kappa shape index (κ3) is 3.33. The fourth-order valence-corrected chi connectivity index (χ4v) is 1.56. The van der Waals surface area contributed by atoms with Gasteiger partial charge in [-0.2, -0.15) is 0 Å². The number of hydrogen-bond donors (Lipinski definition) is 2. The molecule has 0 spiro atoms. The van der Waals surface area contributed by atoms with E-state index in [0.29, 0.717) is 5.92 Å². The third-order valence-corrected chi connectivity index (χ3v) is 2.53. The van der Waals surface area contributed by atoms with Crippen LogP contribution >= 0.6 is 0 Å². The molecule has 2 N–H and O–H groups in total. The monoisotopic (exact) mass is 208 g/mol. The van der Waals surface area contributed by atoms with Crippen molar-refractivity contribution in [3.05, 3.63) is 35.4 Å². The van der Waals surface area contributed by atoms with Crippen molar-refractivity contribution in [1.82, 2.24) is 0 Å². The zero-order valence-corrected chi connectivity index (χ0v) is 9.70. The maximum Gasteiger partial charge on any atom is 0.110 e. The lowest BCUT2D eigenvalue weighted by atomic mass is 9.94. The van der Waals surface area contributed by atoms with Crippen LogP contribution in [0.5, 0.6) is 0 Å². The Hall–Kier alpha value is -0.860. The molecule has 2 nitrogen and oxygen atoms in total. The fraction of sp³-hybridized carbons (Fsp3) is 0.538. The standard InChI is InChI=1S/C13H20O2/c1-10(2)8-11-4-6-12(7-5-11)13(3,15)9-14/h4-7,10,14-15H,8-9H2,1-3H3. The average molecular weight is 208 g/mol. The van der Waals surface area contributed by atoms with Gasteiger partial charge >= 0.3 is 0 Å². The number of hydrogen-bond acceptors (Lipinski definition) is 2. The number of aliphatic hydroxyl groups excluding tert-OH is 1. The van der Waals surface area contributed by atoms with E-state index in [2.05, 4.69) is 13.8 Å². The van der Waals surface area contributed by atoms with Crippen molar-refractivity contribution in [2.75, 3.05) is 6.61 Å². The summed E-state index contributed by atoms with van der Waals surface area (Å²) in [5.74, 6) is 0.634. The van der Waals surface area contributed by atoms with Crippen LogP contribution in [-0.2, 0) is 12.0 Å². The van der Waals surface area contributed by atoms with Crippen LogP contribution in [0, 0.1) is 5.92 Å². The van der Waals surface area contributed by atoms with Gasteiger partial charge in [-0.3, -0.25) is 0 Å². The molecule has 0 saturated heterocycles. The third-order valence-electron chi connectivity index (χ3n) is 2.53. The lowest BCUT2D eigenvalue weighted by molar-refractivity contribution is -0.00229. The summed E-state index contributed by atoms with van der Waals surface area (Å²) in [6.07, 6.45) is 1.04. The van der Waals surface area contributed by atoms with Crippen LogP contribution in [0.25, 0.3) is 0 Å².